The Labute approximate surface area is 167 Å². The zero-order valence-corrected chi connectivity index (χ0v) is 16.3. The van der Waals surface area contributed by atoms with E-state index < -0.39 is 0 Å². The Morgan fingerprint density at radius 1 is 1.19 bits per heavy atom. The fraction of sp³-hybridized carbons (Fsp3) is 0.200. The lowest BCUT2D eigenvalue weighted by molar-refractivity contribution is -0.143. The number of nitrogens with zero attached hydrogens (tertiary/aromatic N) is 2. The molecule has 0 atom stereocenters. The minimum absolute atomic E-state index is 0.158. The number of carbonyl (C=O) groups is 1. The lowest BCUT2D eigenvalue weighted by Gasteiger charge is -2.05. The molecule has 0 unspecified atom stereocenters. The summed E-state index contributed by atoms with van der Waals surface area (Å²) in [5.74, 6) is -0.270. The van der Waals surface area contributed by atoms with Crippen molar-refractivity contribution in [3.05, 3.63) is 69.8 Å². The number of halogens is 2. The van der Waals surface area contributed by atoms with Gasteiger partial charge in [0.2, 0.25) is 0 Å². The molecular formula is C20H19Cl2N3O2. The first kappa shape index (κ1) is 19.3. The predicted molar refractivity (Wildman–Crippen MR) is 109 cm³/mol. The monoisotopic (exact) mass is 403 g/mol. The molecule has 0 bridgehead atoms. The lowest BCUT2D eigenvalue weighted by Crippen LogP contribution is -2.12. The van der Waals surface area contributed by atoms with Gasteiger partial charge in [-0.1, -0.05) is 47.5 Å². The van der Waals surface area contributed by atoms with E-state index in [2.05, 4.69) is 10.5 Å². The highest BCUT2D eigenvalue weighted by Gasteiger charge is 2.10. The fourth-order valence-electron chi connectivity index (χ4n) is 2.80. The van der Waals surface area contributed by atoms with Crippen molar-refractivity contribution >= 4 is 46.3 Å². The number of aromatic nitrogens is 1. The van der Waals surface area contributed by atoms with Crippen LogP contribution in [0.5, 0.6) is 0 Å². The number of carbonyl (C=O) groups excluding carboxylic acids is 1. The van der Waals surface area contributed by atoms with E-state index in [0.29, 0.717) is 23.2 Å². The molecule has 7 heteroatoms. The van der Waals surface area contributed by atoms with Gasteiger partial charge in [-0.05, 0) is 25.1 Å². The Balaban J connectivity index is 1.76. The molecule has 0 fully saturated rings. The number of hydrazone groups is 1. The van der Waals surface area contributed by atoms with Crippen molar-refractivity contribution in [2.75, 3.05) is 6.61 Å². The van der Waals surface area contributed by atoms with Crippen LogP contribution < -0.4 is 5.43 Å². The van der Waals surface area contributed by atoms with Gasteiger partial charge in [0.25, 0.3) is 0 Å². The molecular weight excluding hydrogens is 385 g/mol. The molecule has 0 aliphatic heterocycles. The highest BCUT2D eigenvalue weighted by atomic mass is 35.5. The first-order chi connectivity index (χ1) is 13.1. The van der Waals surface area contributed by atoms with Crippen LogP contribution in [0.1, 0.15) is 18.1 Å². The zero-order valence-electron chi connectivity index (χ0n) is 14.8. The topological polar surface area (TPSA) is 55.6 Å². The average molecular weight is 404 g/mol. The van der Waals surface area contributed by atoms with Gasteiger partial charge in [0.05, 0.1) is 19.4 Å². The van der Waals surface area contributed by atoms with Gasteiger partial charge in [-0.15, -0.1) is 0 Å². The molecule has 1 heterocycles. The van der Waals surface area contributed by atoms with Crippen LogP contribution in [0.3, 0.4) is 0 Å². The first-order valence-electron chi connectivity index (χ1n) is 8.52. The number of para-hydroxylation sites is 1. The minimum atomic E-state index is -0.270. The molecule has 0 radical (unpaired) electrons. The quantitative estimate of drug-likeness (QED) is 0.355. The number of nitrogens with one attached hydrogen (secondary N) is 1. The molecule has 27 heavy (non-hydrogen) atoms. The van der Waals surface area contributed by atoms with E-state index in [1.165, 1.54) is 0 Å². The molecule has 5 nitrogen and oxygen atoms in total. The highest BCUT2D eigenvalue weighted by Crippen LogP contribution is 2.24. The van der Waals surface area contributed by atoms with E-state index in [-0.39, 0.29) is 12.5 Å². The summed E-state index contributed by atoms with van der Waals surface area (Å²) in [7, 11) is 0. The number of benzene rings is 2. The van der Waals surface area contributed by atoms with Crippen LogP contribution in [0.4, 0.5) is 0 Å². The van der Waals surface area contributed by atoms with Gasteiger partial charge in [-0.2, -0.15) is 5.10 Å². The summed E-state index contributed by atoms with van der Waals surface area (Å²) in [5.41, 5.74) is 5.60. The van der Waals surface area contributed by atoms with Crippen LogP contribution in [-0.4, -0.2) is 23.4 Å². The number of ether oxygens (including phenoxy) is 1. The molecule has 1 aromatic heterocycles. The maximum Gasteiger partial charge on any atom is 0.325 e. The van der Waals surface area contributed by atoms with E-state index in [4.69, 9.17) is 27.9 Å². The summed E-state index contributed by atoms with van der Waals surface area (Å²) in [5, 5.41) is 6.47. The SMILES string of the molecule is CCOC(=O)Cn1cc(/C=N\NCc2c(Cl)cccc2Cl)c2ccccc21. The molecule has 1 N–H and O–H groups in total. The average Bonchev–Trinajstić information content (AvgIpc) is 2.99. The van der Waals surface area contributed by atoms with E-state index in [9.17, 15) is 4.79 Å². The summed E-state index contributed by atoms with van der Waals surface area (Å²) < 4.78 is 6.90. The molecule has 140 valence electrons. The van der Waals surface area contributed by atoms with Crippen LogP contribution in [0.2, 0.25) is 10.0 Å². The summed E-state index contributed by atoms with van der Waals surface area (Å²) in [6.45, 7) is 2.73. The largest absolute Gasteiger partial charge is 0.465 e. The minimum Gasteiger partial charge on any atom is -0.465 e. The van der Waals surface area contributed by atoms with Crippen LogP contribution >= 0.6 is 23.2 Å². The second-order valence-corrected chi connectivity index (χ2v) is 6.64. The maximum absolute atomic E-state index is 11.8. The van der Waals surface area contributed by atoms with Crippen molar-refractivity contribution in [2.45, 2.75) is 20.0 Å². The number of esters is 1. The van der Waals surface area contributed by atoms with Gasteiger partial charge in [-0.3, -0.25) is 4.79 Å². The standard InChI is InChI=1S/C20H19Cl2N3O2/c1-2-27-20(26)13-25-12-14(15-6-3-4-9-19(15)25)10-23-24-11-16-17(21)7-5-8-18(16)22/h3-10,12,24H,2,11,13H2,1H3/b23-10-. The van der Waals surface area contributed by atoms with Gasteiger partial charge in [0.1, 0.15) is 6.54 Å². The van der Waals surface area contributed by atoms with Gasteiger partial charge in [-0.25, -0.2) is 0 Å². The smallest absolute Gasteiger partial charge is 0.325 e. The zero-order chi connectivity index (χ0) is 19.2. The highest BCUT2D eigenvalue weighted by molar-refractivity contribution is 6.35. The maximum atomic E-state index is 11.8. The lowest BCUT2D eigenvalue weighted by atomic mass is 10.2. The molecule has 0 saturated carbocycles. The van der Waals surface area contributed by atoms with Crippen LogP contribution in [-0.2, 0) is 22.6 Å². The molecule has 0 aliphatic rings. The molecule has 0 spiro atoms. The first-order valence-corrected chi connectivity index (χ1v) is 9.28. The second kappa shape index (κ2) is 8.93. The molecule has 0 aliphatic carbocycles. The van der Waals surface area contributed by atoms with Crippen molar-refractivity contribution in [3.8, 4) is 0 Å². The fourth-order valence-corrected chi connectivity index (χ4v) is 3.33. The van der Waals surface area contributed by atoms with Crippen LogP contribution in [0, 0.1) is 0 Å². The Kier molecular flexibility index (Phi) is 6.37. The van der Waals surface area contributed by atoms with Crippen molar-refractivity contribution in [1.82, 2.24) is 9.99 Å². The van der Waals surface area contributed by atoms with Gasteiger partial charge in [0, 0.05) is 38.3 Å². The molecule has 0 saturated heterocycles. The molecule has 2 aromatic carbocycles. The summed E-state index contributed by atoms with van der Waals surface area (Å²) in [6.07, 6.45) is 3.60. The summed E-state index contributed by atoms with van der Waals surface area (Å²) in [4.78, 5) is 11.8. The second-order valence-electron chi connectivity index (χ2n) is 5.83. The Morgan fingerprint density at radius 3 is 2.67 bits per heavy atom. The molecule has 0 amide bonds. The van der Waals surface area contributed by atoms with Crippen LogP contribution in [0.15, 0.2) is 53.8 Å². The Morgan fingerprint density at radius 2 is 1.93 bits per heavy atom. The van der Waals surface area contributed by atoms with Gasteiger partial charge < -0.3 is 14.7 Å². The number of fused-ring (bicyclic) bond motifs is 1. The van der Waals surface area contributed by atoms with E-state index in [1.54, 1.807) is 31.3 Å². The Bertz CT molecular complexity index is 962. The number of hydrogen-bond donors (Lipinski definition) is 1. The van der Waals surface area contributed by atoms with Gasteiger partial charge in [0.15, 0.2) is 0 Å². The third-order valence-corrected chi connectivity index (χ3v) is 4.74. The Hall–Kier alpha value is -2.50. The van der Waals surface area contributed by atoms with E-state index in [0.717, 1.165) is 22.0 Å². The molecule has 3 rings (SSSR count). The predicted octanol–water partition coefficient (Wildman–Crippen LogP) is 4.63. The van der Waals surface area contributed by atoms with Crippen molar-refractivity contribution < 1.29 is 9.53 Å². The normalized spacial score (nSPS) is 11.2. The van der Waals surface area contributed by atoms with E-state index >= 15 is 0 Å². The summed E-state index contributed by atoms with van der Waals surface area (Å²) >= 11 is 12.3. The van der Waals surface area contributed by atoms with Crippen molar-refractivity contribution in [2.24, 2.45) is 5.10 Å². The van der Waals surface area contributed by atoms with Crippen molar-refractivity contribution in [3.63, 3.8) is 0 Å². The van der Waals surface area contributed by atoms with Crippen molar-refractivity contribution in [1.29, 1.82) is 0 Å². The summed E-state index contributed by atoms with van der Waals surface area (Å²) in [6, 6.07) is 13.2. The number of hydrogen-bond acceptors (Lipinski definition) is 4. The van der Waals surface area contributed by atoms with Crippen LogP contribution in [0.25, 0.3) is 10.9 Å². The van der Waals surface area contributed by atoms with Gasteiger partial charge >= 0.3 is 5.97 Å². The third-order valence-electron chi connectivity index (χ3n) is 4.04. The number of rotatable bonds is 7. The third kappa shape index (κ3) is 4.62. The molecule has 3 aromatic rings. The van der Waals surface area contributed by atoms with E-state index in [1.807, 2.05) is 35.0 Å².